The molecule has 0 rings (SSSR count). The Morgan fingerprint density at radius 3 is 0.857 bits per heavy atom. The molecule has 1 radical (unpaired) electrons. The van der Waals surface area contributed by atoms with E-state index in [0.717, 1.165) is 0 Å². The SMILES string of the molecule is O[Si](O)(O)O.[La].[Ti]. The van der Waals surface area contributed by atoms with Crippen molar-refractivity contribution in [3.8, 4) is 0 Å². The third-order valence-electron chi connectivity index (χ3n) is 0. The number of hydrogen-bond acceptors (Lipinski definition) is 4. The van der Waals surface area contributed by atoms with E-state index in [1.165, 1.54) is 0 Å². The number of hydrogen-bond donors (Lipinski definition) is 4. The van der Waals surface area contributed by atoms with Gasteiger partial charge in [-0.3, -0.25) is 0 Å². The number of rotatable bonds is 0. The second kappa shape index (κ2) is 6.09. The molecule has 0 amide bonds. The standard InChI is InChI=1S/La.H4O4Si.Ti/c;1-5(2,3)4;/h;1-4H;. The third-order valence-corrected chi connectivity index (χ3v) is 0. The molecule has 0 heterocycles. The van der Waals surface area contributed by atoms with Crippen LogP contribution >= 0.6 is 0 Å². The molecule has 0 aromatic rings. The molecule has 0 aromatic heterocycles. The zero-order chi connectivity index (χ0) is 4.50. The van der Waals surface area contributed by atoms with Gasteiger partial charge in [0.1, 0.15) is 0 Å². The summed E-state index contributed by atoms with van der Waals surface area (Å²) in [5, 5.41) is 0. The third kappa shape index (κ3) is 73.4. The monoisotopic (exact) mass is 283 g/mol. The molecule has 0 bridgehead atoms. The predicted octanol–water partition coefficient (Wildman–Crippen LogP) is -2.61. The molecule has 0 atom stereocenters. The van der Waals surface area contributed by atoms with E-state index in [-0.39, 0.29) is 57.3 Å². The summed E-state index contributed by atoms with van der Waals surface area (Å²) in [5.74, 6) is 0. The molecule has 0 saturated heterocycles. The Hall–Kier alpha value is 1.97. The van der Waals surface area contributed by atoms with Gasteiger partial charge in [0.2, 0.25) is 0 Å². The van der Waals surface area contributed by atoms with Crippen molar-refractivity contribution >= 4 is 9.05 Å². The maximum atomic E-state index is 7.33. The van der Waals surface area contributed by atoms with Crippen molar-refractivity contribution in [2.75, 3.05) is 0 Å². The van der Waals surface area contributed by atoms with Gasteiger partial charge in [-0.2, -0.15) is 0 Å². The van der Waals surface area contributed by atoms with E-state index in [4.69, 9.17) is 19.2 Å². The van der Waals surface area contributed by atoms with Crippen LogP contribution in [0.4, 0.5) is 0 Å². The molecule has 0 aromatic carbocycles. The summed E-state index contributed by atoms with van der Waals surface area (Å²) in [6.07, 6.45) is 0. The van der Waals surface area contributed by atoms with Gasteiger partial charge in [0.15, 0.2) is 0 Å². The second-order valence-corrected chi connectivity index (χ2v) is 1.80. The fourth-order valence-corrected chi connectivity index (χ4v) is 0. The Morgan fingerprint density at radius 2 is 0.857 bits per heavy atom. The van der Waals surface area contributed by atoms with Crippen LogP contribution in [0.2, 0.25) is 0 Å². The summed E-state index contributed by atoms with van der Waals surface area (Å²) < 4.78 is 0. The first-order chi connectivity index (χ1) is 2.00. The quantitative estimate of drug-likeness (QED) is 0.367. The van der Waals surface area contributed by atoms with Crippen molar-refractivity contribution in [2.24, 2.45) is 0 Å². The van der Waals surface area contributed by atoms with E-state index in [1.807, 2.05) is 0 Å². The molecule has 7 heteroatoms. The van der Waals surface area contributed by atoms with Crippen molar-refractivity contribution in [1.29, 1.82) is 0 Å². The van der Waals surface area contributed by atoms with Crippen LogP contribution in [0.3, 0.4) is 0 Å². The van der Waals surface area contributed by atoms with E-state index in [9.17, 15) is 0 Å². The van der Waals surface area contributed by atoms with Gasteiger partial charge in [0.25, 0.3) is 0 Å². The molecular weight excluding hydrogens is 279 g/mol. The Bertz CT molecular complexity index is 27.2. The molecule has 0 aliphatic carbocycles. The van der Waals surface area contributed by atoms with Crippen molar-refractivity contribution in [3.63, 3.8) is 0 Å². The van der Waals surface area contributed by atoms with Crippen LogP contribution in [-0.4, -0.2) is 28.2 Å². The largest absolute Gasteiger partial charge is 0.668 e. The summed E-state index contributed by atoms with van der Waals surface area (Å²) in [6, 6.07) is 0. The van der Waals surface area contributed by atoms with Gasteiger partial charge in [-0.05, 0) is 0 Å². The molecule has 0 saturated carbocycles. The molecule has 0 aliphatic heterocycles. The molecule has 39 valence electrons. The molecule has 0 aliphatic rings. The van der Waals surface area contributed by atoms with E-state index in [2.05, 4.69) is 0 Å². The molecule has 0 fully saturated rings. The summed E-state index contributed by atoms with van der Waals surface area (Å²) in [7, 11) is -4.61. The van der Waals surface area contributed by atoms with Gasteiger partial charge in [-0.1, -0.05) is 0 Å². The van der Waals surface area contributed by atoms with Crippen LogP contribution in [0.5, 0.6) is 0 Å². The van der Waals surface area contributed by atoms with Crippen molar-refractivity contribution in [2.45, 2.75) is 0 Å². The molecule has 4 N–H and O–H groups in total. The topological polar surface area (TPSA) is 80.9 Å². The fraction of sp³-hybridized carbons (Fsp3) is 0. The normalized spacial score (nSPS) is 8.57. The van der Waals surface area contributed by atoms with Crippen LogP contribution in [0.25, 0.3) is 0 Å². The van der Waals surface area contributed by atoms with Gasteiger partial charge in [0.05, 0.1) is 0 Å². The molecule has 0 unspecified atom stereocenters. The molecule has 0 spiro atoms. The van der Waals surface area contributed by atoms with Crippen molar-refractivity contribution in [1.82, 2.24) is 0 Å². The van der Waals surface area contributed by atoms with Gasteiger partial charge < -0.3 is 19.2 Å². The van der Waals surface area contributed by atoms with Crippen molar-refractivity contribution < 1.29 is 76.5 Å². The Kier molecular flexibility index (Phi) is 13.9. The van der Waals surface area contributed by atoms with Crippen LogP contribution in [0.15, 0.2) is 0 Å². The summed E-state index contributed by atoms with van der Waals surface area (Å²) in [5.41, 5.74) is 0. The zero-order valence-electron chi connectivity index (χ0n) is 3.37. The average Bonchev–Trinajstić information content (AvgIpc) is 0.722. The first-order valence-corrected chi connectivity index (χ1v) is 2.68. The van der Waals surface area contributed by atoms with Gasteiger partial charge in [-0.15, -0.1) is 0 Å². The van der Waals surface area contributed by atoms with Gasteiger partial charge >= 0.3 is 9.05 Å². The average molecular weight is 283 g/mol. The molecule has 4 nitrogen and oxygen atoms in total. The Labute approximate surface area is 84.5 Å². The van der Waals surface area contributed by atoms with Gasteiger partial charge in [0, 0.05) is 57.3 Å². The maximum absolute atomic E-state index is 7.33. The van der Waals surface area contributed by atoms with E-state index in [1.54, 1.807) is 0 Å². The van der Waals surface area contributed by atoms with Crippen molar-refractivity contribution in [3.05, 3.63) is 0 Å². The minimum atomic E-state index is -4.61. The molecule has 7 heavy (non-hydrogen) atoms. The van der Waals surface area contributed by atoms with Crippen LogP contribution in [-0.2, 0) is 21.7 Å². The summed E-state index contributed by atoms with van der Waals surface area (Å²) in [4.78, 5) is 29.3. The summed E-state index contributed by atoms with van der Waals surface area (Å²) in [6.45, 7) is 0. The van der Waals surface area contributed by atoms with Crippen LogP contribution < -0.4 is 0 Å². The summed E-state index contributed by atoms with van der Waals surface area (Å²) >= 11 is 0. The van der Waals surface area contributed by atoms with E-state index in [0.29, 0.717) is 0 Å². The van der Waals surface area contributed by atoms with E-state index < -0.39 is 9.05 Å². The van der Waals surface area contributed by atoms with E-state index >= 15 is 0 Å². The minimum absolute atomic E-state index is 0. The first-order valence-electron chi connectivity index (χ1n) is 0.894. The fourth-order valence-electron chi connectivity index (χ4n) is 0. The van der Waals surface area contributed by atoms with Crippen LogP contribution in [0.1, 0.15) is 0 Å². The molecular formula is H4LaO4SiTi. The Balaban J connectivity index is -0.0000000800. The smallest absolute Gasteiger partial charge is 0.368 e. The van der Waals surface area contributed by atoms with Gasteiger partial charge in [-0.25, -0.2) is 0 Å². The Morgan fingerprint density at radius 1 is 0.857 bits per heavy atom. The first kappa shape index (κ1) is 16.0. The minimum Gasteiger partial charge on any atom is -0.368 e. The maximum Gasteiger partial charge on any atom is 0.668 e. The zero-order valence-corrected chi connectivity index (χ0v) is 9.55. The van der Waals surface area contributed by atoms with Crippen LogP contribution in [0, 0.1) is 35.6 Å². The second-order valence-electron chi connectivity index (χ2n) is 0.600. The predicted molar refractivity (Wildman–Crippen MR) is 14.6 cm³/mol.